The third-order valence-corrected chi connectivity index (χ3v) is 2.74. The van der Waals surface area contributed by atoms with E-state index in [9.17, 15) is 27.9 Å². The van der Waals surface area contributed by atoms with Gasteiger partial charge in [-0.25, -0.2) is 14.7 Å². The zero-order valence-corrected chi connectivity index (χ0v) is 10.7. The van der Waals surface area contributed by atoms with Gasteiger partial charge in [0.1, 0.15) is 11.5 Å². The van der Waals surface area contributed by atoms with Gasteiger partial charge in [0.15, 0.2) is 0 Å². The molecule has 0 bridgehead atoms. The average Bonchev–Trinajstić information content (AvgIpc) is 2.35. The Kier molecular flexibility index (Phi) is 4.42. The van der Waals surface area contributed by atoms with Crippen molar-refractivity contribution in [2.75, 3.05) is 0 Å². The van der Waals surface area contributed by atoms with Crippen molar-refractivity contribution in [3.8, 4) is 0 Å². The second-order valence-corrected chi connectivity index (χ2v) is 4.70. The van der Waals surface area contributed by atoms with Crippen molar-refractivity contribution >= 4 is 11.9 Å². The van der Waals surface area contributed by atoms with E-state index >= 15 is 0 Å². The molecule has 0 fully saturated rings. The summed E-state index contributed by atoms with van der Waals surface area (Å²) in [5.41, 5.74) is -1.68. The lowest BCUT2D eigenvalue weighted by Crippen LogP contribution is -2.37. The Balaban J connectivity index is 3.17. The molecule has 1 rings (SSSR count). The van der Waals surface area contributed by atoms with Crippen LogP contribution in [0.15, 0.2) is 30.3 Å². The molecule has 1 aromatic rings. The quantitative estimate of drug-likeness (QED) is 0.801. The molecule has 0 heterocycles. The Morgan fingerprint density at radius 2 is 1.60 bits per heavy atom. The van der Waals surface area contributed by atoms with Crippen molar-refractivity contribution < 1.29 is 32.6 Å². The predicted molar refractivity (Wildman–Crippen MR) is 60.8 cm³/mol. The Morgan fingerprint density at radius 3 is 2.00 bits per heavy atom. The van der Waals surface area contributed by atoms with Gasteiger partial charge < -0.3 is 4.74 Å². The first-order valence-corrected chi connectivity index (χ1v) is 5.61. The van der Waals surface area contributed by atoms with E-state index in [0.29, 0.717) is 0 Å². The van der Waals surface area contributed by atoms with Gasteiger partial charge in [0.05, 0.1) is 0 Å². The summed E-state index contributed by atoms with van der Waals surface area (Å²) in [5.74, 6) is -4.07. The van der Waals surface area contributed by atoms with Crippen LogP contribution < -0.4 is 0 Å². The molecular weight excluding hydrogens is 277 g/mol. The van der Waals surface area contributed by atoms with Crippen LogP contribution in [0.25, 0.3) is 0 Å². The molecule has 0 aliphatic carbocycles. The Morgan fingerprint density at radius 1 is 1.10 bits per heavy atom. The summed E-state index contributed by atoms with van der Waals surface area (Å²) in [6.45, 7) is 2.26. The Bertz CT molecular complexity index is 494. The van der Waals surface area contributed by atoms with Gasteiger partial charge in [-0.3, -0.25) is 0 Å². The molecule has 0 aromatic heterocycles. The summed E-state index contributed by atoms with van der Waals surface area (Å²) in [6, 6.07) is 7.33. The van der Waals surface area contributed by atoms with E-state index < -0.39 is 29.6 Å². The smallest absolute Gasteiger partial charge is 0.450 e. The lowest BCUT2D eigenvalue weighted by molar-refractivity contribution is -0.212. The van der Waals surface area contributed by atoms with Crippen molar-refractivity contribution in [2.24, 2.45) is 5.41 Å². The van der Waals surface area contributed by atoms with Crippen LogP contribution in [-0.2, 0) is 19.4 Å². The molecule has 0 N–H and O–H groups in total. The fourth-order valence-corrected chi connectivity index (χ4v) is 1.54. The summed E-state index contributed by atoms with van der Waals surface area (Å²) in [4.78, 5) is 22.0. The average molecular weight is 289 g/mol. The maximum atomic E-state index is 12.3. The van der Waals surface area contributed by atoms with Gasteiger partial charge in [0.25, 0.3) is 0 Å². The first kappa shape index (κ1) is 16.0. The van der Waals surface area contributed by atoms with Gasteiger partial charge in [0, 0.05) is 0 Å². The monoisotopic (exact) mass is 289 g/mol. The molecule has 109 valence electrons. The number of carbonyl (C=O) groups is 2. The third-order valence-electron chi connectivity index (χ3n) is 2.74. The van der Waals surface area contributed by atoms with Crippen LogP contribution in [0, 0.1) is 5.41 Å². The fraction of sp³-hybridized carbons (Fsp3) is 0.385. The minimum Gasteiger partial charge on any atom is -0.450 e. The zero-order chi connectivity index (χ0) is 15.6. The SMILES string of the molecule is CC(C)(C([O])=O)C(OC(=O)C(F)(F)F)c1ccccc1. The highest BCUT2D eigenvalue weighted by Crippen LogP contribution is 2.38. The number of hydrogen-bond acceptors (Lipinski definition) is 3. The molecule has 1 atom stereocenters. The third kappa shape index (κ3) is 3.49. The first-order valence-electron chi connectivity index (χ1n) is 5.61. The lowest BCUT2D eigenvalue weighted by Gasteiger charge is -2.29. The van der Waals surface area contributed by atoms with Crippen LogP contribution in [0.3, 0.4) is 0 Å². The van der Waals surface area contributed by atoms with Crippen LogP contribution in [-0.4, -0.2) is 18.1 Å². The van der Waals surface area contributed by atoms with Crippen LogP contribution in [0.4, 0.5) is 13.2 Å². The molecule has 0 amide bonds. The van der Waals surface area contributed by atoms with E-state index in [-0.39, 0.29) is 5.56 Å². The summed E-state index contributed by atoms with van der Waals surface area (Å²) >= 11 is 0. The molecule has 0 aliphatic rings. The lowest BCUT2D eigenvalue weighted by atomic mass is 9.82. The first-order chi connectivity index (χ1) is 9.06. The highest BCUT2D eigenvalue weighted by molar-refractivity contribution is 5.78. The maximum absolute atomic E-state index is 12.3. The van der Waals surface area contributed by atoms with Crippen LogP contribution in [0.5, 0.6) is 0 Å². The highest BCUT2D eigenvalue weighted by Gasteiger charge is 2.48. The van der Waals surface area contributed by atoms with Gasteiger partial charge in [-0.2, -0.15) is 13.2 Å². The second-order valence-electron chi connectivity index (χ2n) is 4.70. The summed E-state index contributed by atoms with van der Waals surface area (Å²) < 4.78 is 41.2. The van der Waals surface area contributed by atoms with Gasteiger partial charge in [-0.15, -0.1) is 0 Å². The number of carbonyl (C=O) groups excluding carboxylic acids is 2. The number of rotatable bonds is 4. The van der Waals surface area contributed by atoms with Crippen molar-refractivity contribution in [3.63, 3.8) is 0 Å². The van der Waals surface area contributed by atoms with Crippen molar-refractivity contribution in [1.82, 2.24) is 0 Å². The number of halogens is 3. The van der Waals surface area contributed by atoms with Crippen LogP contribution in [0.1, 0.15) is 25.5 Å². The summed E-state index contributed by atoms with van der Waals surface area (Å²) in [6.07, 6.45) is -6.81. The number of ether oxygens (including phenoxy) is 1. The van der Waals surface area contributed by atoms with Gasteiger partial charge in [-0.05, 0) is 19.4 Å². The highest BCUT2D eigenvalue weighted by atomic mass is 19.4. The molecule has 0 aliphatic heterocycles. The molecule has 1 unspecified atom stereocenters. The maximum Gasteiger partial charge on any atom is 0.490 e. The topological polar surface area (TPSA) is 63.3 Å². The number of hydrogen-bond donors (Lipinski definition) is 0. The molecule has 7 heteroatoms. The normalized spacial score (nSPS) is 13.7. The van der Waals surface area contributed by atoms with E-state index in [0.717, 1.165) is 13.8 Å². The van der Waals surface area contributed by atoms with E-state index in [1.165, 1.54) is 24.3 Å². The molecule has 1 radical (unpaired) electrons. The molecule has 0 saturated heterocycles. The second kappa shape index (κ2) is 5.52. The Labute approximate surface area is 113 Å². The van der Waals surface area contributed by atoms with Gasteiger partial charge in [0.2, 0.25) is 0 Å². The molecule has 20 heavy (non-hydrogen) atoms. The van der Waals surface area contributed by atoms with Crippen LogP contribution >= 0.6 is 0 Å². The molecule has 1 aromatic carbocycles. The number of benzene rings is 1. The largest absolute Gasteiger partial charge is 0.490 e. The summed E-state index contributed by atoms with van der Waals surface area (Å²) in [7, 11) is 0. The molecular formula is C13H12F3O4. The zero-order valence-electron chi connectivity index (χ0n) is 10.7. The van der Waals surface area contributed by atoms with E-state index in [4.69, 9.17) is 0 Å². The number of esters is 1. The predicted octanol–water partition coefficient (Wildman–Crippen LogP) is 2.82. The fourth-order valence-electron chi connectivity index (χ4n) is 1.54. The Hall–Kier alpha value is -2.05. The van der Waals surface area contributed by atoms with Crippen molar-refractivity contribution in [2.45, 2.75) is 26.1 Å². The molecule has 0 saturated carbocycles. The molecule has 0 spiro atoms. The van der Waals surface area contributed by atoms with E-state index in [1.807, 2.05) is 0 Å². The van der Waals surface area contributed by atoms with E-state index in [1.54, 1.807) is 6.07 Å². The van der Waals surface area contributed by atoms with Crippen molar-refractivity contribution in [1.29, 1.82) is 0 Å². The molecule has 4 nitrogen and oxygen atoms in total. The number of alkyl halides is 3. The standard InChI is InChI=1S/C13H12F3O4/c1-12(2,10(17)18)9(8-6-4-3-5-7-8)20-11(19)13(14,15)16/h3-7,9H,1-2H3. The minimum absolute atomic E-state index is 0.138. The van der Waals surface area contributed by atoms with Gasteiger partial charge in [-0.1, -0.05) is 30.3 Å². The van der Waals surface area contributed by atoms with Crippen molar-refractivity contribution in [3.05, 3.63) is 35.9 Å². The van der Waals surface area contributed by atoms with E-state index in [2.05, 4.69) is 4.74 Å². The minimum atomic E-state index is -5.20. The summed E-state index contributed by atoms with van der Waals surface area (Å²) in [5, 5.41) is 11.1. The van der Waals surface area contributed by atoms with Gasteiger partial charge >= 0.3 is 18.1 Å². The van der Waals surface area contributed by atoms with Crippen LogP contribution in [0.2, 0.25) is 0 Å².